The molecule has 0 spiro atoms. The molecular weight excluding hydrogens is 368 g/mol. The number of rotatable bonds is 4. The molecule has 0 aliphatic carbocycles. The van der Waals surface area contributed by atoms with Crippen LogP contribution in [0.2, 0.25) is 5.02 Å². The lowest BCUT2D eigenvalue weighted by Crippen LogP contribution is -2.09. The van der Waals surface area contributed by atoms with Gasteiger partial charge >= 0.3 is 5.97 Å². The zero-order chi connectivity index (χ0) is 19.0. The number of fused-ring (bicyclic) bond motifs is 1. The third kappa shape index (κ3) is 3.31. The molecule has 1 atom stereocenters. The van der Waals surface area contributed by atoms with Crippen LogP contribution in [0.25, 0.3) is 22.4 Å². The highest BCUT2D eigenvalue weighted by atomic mass is 35.5. The number of esters is 1. The van der Waals surface area contributed by atoms with Crippen molar-refractivity contribution in [2.75, 3.05) is 0 Å². The van der Waals surface area contributed by atoms with Crippen molar-refractivity contribution < 1.29 is 18.4 Å². The van der Waals surface area contributed by atoms with E-state index in [1.165, 1.54) is 0 Å². The zero-order valence-electron chi connectivity index (χ0n) is 14.6. The minimum Gasteiger partial charge on any atom is -0.449 e. The van der Waals surface area contributed by atoms with Gasteiger partial charge in [0.2, 0.25) is 11.7 Å². The normalized spacial score (nSPS) is 12.3. The highest BCUT2D eigenvalue weighted by molar-refractivity contribution is 6.31. The Hall–Kier alpha value is -3.12. The summed E-state index contributed by atoms with van der Waals surface area (Å²) in [5.74, 6) is 0.0933. The molecule has 6 nitrogen and oxygen atoms in total. The summed E-state index contributed by atoms with van der Waals surface area (Å²) in [5, 5.41) is 9.32. The zero-order valence-corrected chi connectivity index (χ0v) is 15.4. The van der Waals surface area contributed by atoms with E-state index in [4.69, 9.17) is 25.2 Å². The molecule has 0 saturated carbocycles. The second kappa shape index (κ2) is 6.89. The average molecular weight is 383 g/mol. The first-order valence-electron chi connectivity index (χ1n) is 8.31. The summed E-state index contributed by atoms with van der Waals surface area (Å²) >= 11 is 6.01. The predicted molar refractivity (Wildman–Crippen MR) is 99.5 cm³/mol. The van der Waals surface area contributed by atoms with Crippen LogP contribution in [0, 0.1) is 6.92 Å². The highest BCUT2D eigenvalue weighted by Crippen LogP contribution is 2.30. The van der Waals surface area contributed by atoms with E-state index in [9.17, 15) is 4.79 Å². The first-order valence-corrected chi connectivity index (χ1v) is 8.69. The molecule has 2 aromatic heterocycles. The summed E-state index contributed by atoms with van der Waals surface area (Å²) < 4.78 is 16.7. The molecule has 0 amide bonds. The summed E-state index contributed by atoms with van der Waals surface area (Å²) in [6.07, 6.45) is -0.723. The van der Waals surface area contributed by atoms with Gasteiger partial charge in [-0.3, -0.25) is 0 Å². The molecule has 0 N–H and O–H groups in total. The van der Waals surface area contributed by atoms with Crippen LogP contribution < -0.4 is 0 Å². The lowest BCUT2D eigenvalue weighted by Gasteiger charge is -2.08. The van der Waals surface area contributed by atoms with Crippen molar-refractivity contribution in [3.63, 3.8) is 0 Å². The number of ether oxygens (including phenoxy) is 1. The first-order chi connectivity index (χ1) is 13.0. The molecule has 0 saturated heterocycles. The van der Waals surface area contributed by atoms with Crippen LogP contribution in [0.1, 0.15) is 35.0 Å². The van der Waals surface area contributed by atoms with Crippen molar-refractivity contribution in [3.8, 4) is 11.5 Å². The second-order valence-electron chi connectivity index (χ2n) is 6.06. The Morgan fingerprint density at radius 2 is 1.89 bits per heavy atom. The maximum Gasteiger partial charge on any atom is 0.375 e. The monoisotopic (exact) mass is 382 g/mol. The Labute approximate surface area is 159 Å². The Morgan fingerprint density at radius 1 is 1.11 bits per heavy atom. The smallest absolute Gasteiger partial charge is 0.375 e. The van der Waals surface area contributed by atoms with Crippen molar-refractivity contribution in [1.29, 1.82) is 0 Å². The molecule has 0 unspecified atom stereocenters. The van der Waals surface area contributed by atoms with E-state index in [0.717, 1.165) is 10.9 Å². The third-order valence-corrected chi connectivity index (χ3v) is 4.41. The van der Waals surface area contributed by atoms with E-state index >= 15 is 0 Å². The van der Waals surface area contributed by atoms with Gasteiger partial charge in [-0.15, -0.1) is 10.2 Å². The number of carbonyl (C=O) groups excluding carboxylic acids is 1. The molecular formula is C20H15ClN2O4. The number of nitrogens with zero attached hydrogens (tertiary/aromatic N) is 2. The largest absolute Gasteiger partial charge is 0.449 e. The fourth-order valence-electron chi connectivity index (χ4n) is 2.75. The fourth-order valence-corrected chi connectivity index (χ4v) is 2.92. The van der Waals surface area contributed by atoms with Crippen LogP contribution in [-0.4, -0.2) is 16.2 Å². The summed E-state index contributed by atoms with van der Waals surface area (Å²) in [5.41, 5.74) is 2.03. The van der Waals surface area contributed by atoms with Gasteiger partial charge < -0.3 is 13.6 Å². The molecule has 4 aromatic rings. The van der Waals surface area contributed by atoms with Gasteiger partial charge in [-0.25, -0.2) is 4.79 Å². The quantitative estimate of drug-likeness (QED) is 0.442. The SMILES string of the molecule is Cc1c(C(=O)O[C@@H](C)c2nnc(-c3ccccc3)o2)oc2ccc(Cl)cc12. The lowest BCUT2D eigenvalue weighted by atomic mass is 10.1. The highest BCUT2D eigenvalue weighted by Gasteiger charge is 2.24. The standard InChI is InChI=1S/C20H15ClN2O4/c1-11-15-10-14(21)8-9-16(15)26-17(11)20(24)25-12(2)18-22-23-19(27-18)13-6-4-3-5-7-13/h3-10,12H,1-2H3/t12-/m0/s1. The van der Waals surface area contributed by atoms with Crippen molar-refractivity contribution in [2.24, 2.45) is 0 Å². The number of aromatic nitrogens is 2. The van der Waals surface area contributed by atoms with E-state index in [-0.39, 0.29) is 11.7 Å². The number of benzene rings is 2. The van der Waals surface area contributed by atoms with Gasteiger partial charge in [-0.1, -0.05) is 29.8 Å². The summed E-state index contributed by atoms with van der Waals surface area (Å²) in [4.78, 5) is 12.5. The summed E-state index contributed by atoms with van der Waals surface area (Å²) in [6, 6.07) is 14.5. The maximum absolute atomic E-state index is 12.5. The Morgan fingerprint density at radius 3 is 2.67 bits per heavy atom. The molecule has 0 fully saturated rings. The topological polar surface area (TPSA) is 78.4 Å². The molecule has 7 heteroatoms. The third-order valence-electron chi connectivity index (χ3n) is 4.18. The molecule has 136 valence electrons. The molecule has 0 aliphatic heterocycles. The van der Waals surface area contributed by atoms with E-state index in [1.54, 1.807) is 32.0 Å². The molecule has 2 heterocycles. The number of hydrogen-bond acceptors (Lipinski definition) is 6. The summed E-state index contributed by atoms with van der Waals surface area (Å²) in [6.45, 7) is 3.44. The number of halogens is 1. The second-order valence-corrected chi connectivity index (χ2v) is 6.49. The fraction of sp³-hybridized carbons (Fsp3) is 0.150. The maximum atomic E-state index is 12.5. The number of hydrogen-bond donors (Lipinski definition) is 0. The van der Waals surface area contributed by atoms with Crippen molar-refractivity contribution in [3.05, 3.63) is 70.8 Å². The van der Waals surface area contributed by atoms with Crippen LogP contribution in [-0.2, 0) is 4.74 Å². The molecule has 27 heavy (non-hydrogen) atoms. The molecule has 0 aliphatic rings. The van der Waals surface area contributed by atoms with Crippen LogP contribution in [0.3, 0.4) is 0 Å². The Kier molecular flexibility index (Phi) is 4.41. The van der Waals surface area contributed by atoms with Crippen LogP contribution in [0.15, 0.2) is 57.4 Å². The number of aryl methyl sites for hydroxylation is 1. The van der Waals surface area contributed by atoms with E-state index in [2.05, 4.69) is 10.2 Å². The first kappa shape index (κ1) is 17.3. The molecule has 0 radical (unpaired) electrons. The lowest BCUT2D eigenvalue weighted by molar-refractivity contribution is 0.0245. The molecule has 2 aromatic carbocycles. The van der Waals surface area contributed by atoms with Gasteiger partial charge in [-0.05, 0) is 44.2 Å². The minimum atomic E-state index is -0.723. The van der Waals surface area contributed by atoms with Crippen molar-refractivity contribution >= 4 is 28.5 Å². The van der Waals surface area contributed by atoms with Crippen molar-refractivity contribution in [2.45, 2.75) is 20.0 Å². The van der Waals surface area contributed by atoms with Gasteiger partial charge in [-0.2, -0.15) is 0 Å². The predicted octanol–water partition coefficient (Wildman–Crippen LogP) is 5.36. The summed E-state index contributed by atoms with van der Waals surface area (Å²) in [7, 11) is 0. The Balaban J connectivity index is 1.55. The number of furan rings is 1. The van der Waals surface area contributed by atoms with E-state index in [1.807, 2.05) is 30.3 Å². The van der Waals surface area contributed by atoms with Gasteiger partial charge in [0.25, 0.3) is 5.89 Å². The van der Waals surface area contributed by atoms with Gasteiger partial charge in [0.15, 0.2) is 6.10 Å². The van der Waals surface area contributed by atoms with E-state index in [0.29, 0.717) is 22.1 Å². The molecule has 4 rings (SSSR count). The van der Waals surface area contributed by atoms with Crippen LogP contribution in [0.5, 0.6) is 0 Å². The van der Waals surface area contributed by atoms with Crippen molar-refractivity contribution in [1.82, 2.24) is 10.2 Å². The van der Waals surface area contributed by atoms with Crippen LogP contribution >= 0.6 is 11.6 Å². The van der Waals surface area contributed by atoms with Gasteiger partial charge in [0.05, 0.1) is 0 Å². The van der Waals surface area contributed by atoms with E-state index < -0.39 is 12.1 Å². The Bertz CT molecular complexity index is 1120. The van der Waals surface area contributed by atoms with Gasteiger partial charge in [0, 0.05) is 21.5 Å². The number of carbonyl (C=O) groups is 1. The van der Waals surface area contributed by atoms with Gasteiger partial charge in [0.1, 0.15) is 5.58 Å². The minimum absolute atomic E-state index is 0.127. The molecule has 0 bridgehead atoms. The van der Waals surface area contributed by atoms with Crippen LogP contribution in [0.4, 0.5) is 0 Å². The average Bonchev–Trinajstić information content (AvgIpc) is 3.28.